The molecule has 0 aliphatic carbocycles. The summed E-state index contributed by atoms with van der Waals surface area (Å²) in [6.45, 7) is 4.21. The molecule has 0 radical (unpaired) electrons. The van der Waals surface area contributed by atoms with E-state index in [1.165, 1.54) is 6.07 Å². The average molecular weight is 277 g/mol. The second-order valence-corrected chi connectivity index (χ2v) is 4.16. The van der Waals surface area contributed by atoms with Crippen LogP contribution in [-0.4, -0.2) is 34.5 Å². The number of aromatic nitrogens is 2. The quantitative estimate of drug-likeness (QED) is 0.868. The fourth-order valence-electron chi connectivity index (χ4n) is 1.95. The Morgan fingerprint density at radius 1 is 1.21 bits per heavy atom. The Morgan fingerprint density at radius 3 is 2.21 bits per heavy atom. The topological polar surface area (TPSA) is 49.2 Å². The molecule has 0 fully saturated rings. The molecule has 0 bridgehead atoms. The number of hydrogen-bond acceptors (Lipinski definition) is 4. The smallest absolute Gasteiger partial charge is 0.395 e. The fourth-order valence-corrected chi connectivity index (χ4v) is 1.95. The monoisotopic (exact) mass is 277 g/mol. The summed E-state index contributed by atoms with van der Waals surface area (Å²) in [4.78, 5) is 1.78. The van der Waals surface area contributed by atoms with E-state index in [4.69, 9.17) is 5.11 Å². The van der Waals surface area contributed by atoms with E-state index in [2.05, 4.69) is 10.2 Å². The third-order valence-corrected chi connectivity index (χ3v) is 2.96. The largest absolute Gasteiger partial charge is 0.435 e. The Balaban J connectivity index is 2.97. The van der Waals surface area contributed by atoms with E-state index < -0.39 is 11.9 Å². The van der Waals surface area contributed by atoms with Crippen LogP contribution in [-0.2, 0) is 6.18 Å². The van der Waals surface area contributed by atoms with Gasteiger partial charge >= 0.3 is 6.18 Å². The van der Waals surface area contributed by atoms with Gasteiger partial charge in [-0.05, 0) is 25.0 Å². The summed E-state index contributed by atoms with van der Waals surface area (Å²) in [5.74, 6) is 0.357. The highest BCUT2D eigenvalue weighted by atomic mass is 19.4. The lowest BCUT2D eigenvalue weighted by Crippen LogP contribution is -2.37. The minimum atomic E-state index is -4.48. The molecular formula is C12H18F3N3O. The number of alkyl halides is 3. The number of hydrogen-bond donors (Lipinski definition) is 1. The standard InChI is InChI=1S/C12H18F3N3O/c1-3-9(4-2)18(7-8-19)11-6-5-10(16-17-11)12(13,14)15/h5-6,9,19H,3-4,7-8H2,1-2H3. The fraction of sp³-hybridized carbons (Fsp3) is 0.667. The molecule has 1 rings (SSSR count). The van der Waals surface area contributed by atoms with Gasteiger partial charge in [0.15, 0.2) is 11.5 Å². The van der Waals surface area contributed by atoms with Gasteiger partial charge in [-0.2, -0.15) is 13.2 Å². The van der Waals surface area contributed by atoms with Crippen molar-refractivity contribution < 1.29 is 18.3 Å². The van der Waals surface area contributed by atoms with Gasteiger partial charge in [-0.15, -0.1) is 10.2 Å². The van der Waals surface area contributed by atoms with Crippen molar-refractivity contribution >= 4 is 5.82 Å². The molecule has 0 aromatic carbocycles. The Bertz CT molecular complexity index is 377. The molecule has 1 heterocycles. The van der Waals surface area contributed by atoms with Crippen LogP contribution >= 0.6 is 0 Å². The molecule has 1 N–H and O–H groups in total. The highest BCUT2D eigenvalue weighted by Gasteiger charge is 2.33. The summed E-state index contributed by atoms with van der Waals surface area (Å²) in [5.41, 5.74) is -1.01. The van der Waals surface area contributed by atoms with E-state index in [0.29, 0.717) is 12.4 Å². The molecule has 0 saturated heterocycles. The van der Waals surface area contributed by atoms with Gasteiger partial charge < -0.3 is 10.0 Å². The van der Waals surface area contributed by atoms with E-state index in [9.17, 15) is 13.2 Å². The lowest BCUT2D eigenvalue weighted by atomic mass is 10.1. The zero-order valence-corrected chi connectivity index (χ0v) is 11.0. The first kappa shape index (κ1) is 15.7. The summed E-state index contributed by atoms with van der Waals surface area (Å²) in [6.07, 6.45) is -2.85. The van der Waals surface area contributed by atoms with E-state index >= 15 is 0 Å². The summed E-state index contributed by atoms with van der Waals surface area (Å²) in [5, 5.41) is 15.9. The molecular weight excluding hydrogens is 259 g/mol. The van der Waals surface area contributed by atoms with Crippen molar-refractivity contribution in [1.29, 1.82) is 0 Å². The Hall–Kier alpha value is -1.37. The highest BCUT2D eigenvalue weighted by molar-refractivity contribution is 5.39. The summed E-state index contributed by atoms with van der Waals surface area (Å²) >= 11 is 0. The summed E-state index contributed by atoms with van der Waals surface area (Å²) < 4.78 is 37.2. The van der Waals surface area contributed by atoms with Gasteiger partial charge in [0, 0.05) is 12.6 Å². The van der Waals surface area contributed by atoms with Crippen LogP contribution in [0.2, 0.25) is 0 Å². The van der Waals surface area contributed by atoms with Gasteiger partial charge in [0.05, 0.1) is 6.61 Å². The highest BCUT2D eigenvalue weighted by Crippen LogP contribution is 2.28. The Kier molecular flexibility index (Phi) is 5.53. The van der Waals surface area contributed by atoms with Crippen molar-refractivity contribution in [3.05, 3.63) is 17.8 Å². The number of rotatable bonds is 6. The molecule has 19 heavy (non-hydrogen) atoms. The zero-order chi connectivity index (χ0) is 14.5. The molecule has 0 aliphatic heterocycles. The van der Waals surface area contributed by atoms with Crippen LogP contribution in [0, 0.1) is 0 Å². The van der Waals surface area contributed by atoms with Crippen LogP contribution < -0.4 is 4.90 Å². The van der Waals surface area contributed by atoms with Crippen LogP contribution in [0.1, 0.15) is 32.4 Å². The number of aliphatic hydroxyl groups excluding tert-OH is 1. The zero-order valence-electron chi connectivity index (χ0n) is 11.0. The molecule has 0 atom stereocenters. The van der Waals surface area contributed by atoms with E-state index in [1.807, 2.05) is 13.8 Å². The molecule has 108 valence electrons. The second kappa shape index (κ2) is 6.70. The van der Waals surface area contributed by atoms with Crippen molar-refractivity contribution in [3.8, 4) is 0 Å². The molecule has 0 aliphatic rings. The summed E-state index contributed by atoms with van der Waals surface area (Å²) in [7, 11) is 0. The molecule has 0 amide bonds. The molecule has 0 saturated carbocycles. The predicted molar refractivity (Wildman–Crippen MR) is 65.8 cm³/mol. The lowest BCUT2D eigenvalue weighted by molar-refractivity contribution is -0.141. The van der Waals surface area contributed by atoms with Crippen molar-refractivity contribution in [2.45, 2.75) is 38.9 Å². The number of aliphatic hydroxyl groups is 1. The first-order valence-corrected chi connectivity index (χ1v) is 6.22. The maximum Gasteiger partial charge on any atom is 0.435 e. The van der Waals surface area contributed by atoms with Crippen LogP contribution in [0.3, 0.4) is 0 Å². The average Bonchev–Trinajstić information content (AvgIpc) is 2.38. The SMILES string of the molecule is CCC(CC)N(CCO)c1ccc(C(F)(F)F)nn1. The first-order chi connectivity index (χ1) is 8.93. The van der Waals surface area contributed by atoms with Crippen LogP contribution in [0.15, 0.2) is 12.1 Å². The van der Waals surface area contributed by atoms with E-state index in [-0.39, 0.29) is 12.6 Å². The minimum Gasteiger partial charge on any atom is -0.395 e. The van der Waals surface area contributed by atoms with E-state index in [1.54, 1.807) is 4.90 Å². The molecule has 0 unspecified atom stereocenters. The summed E-state index contributed by atoms with van der Waals surface area (Å²) in [6, 6.07) is 2.33. The molecule has 7 heteroatoms. The van der Waals surface area contributed by atoms with Crippen molar-refractivity contribution in [1.82, 2.24) is 10.2 Å². The van der Waals surface area contributed by atoms with Crippen LogP contribution in [0.5, 0.6) is 0 Å². The van der Waals surface area contributed by atoms with Gasteiger partial charge in [0.2, 0.25) is 0 Å². The molecule has 1 aromatic rings. The van der Waals surface area contributed by atoms with Gasteiger partial charge in [-0.3, -0.25) is 0 Å². The number of nitrogens with zero attached hydrogens (tertiary/aromatic N) is 3. The van der Waals surface area contributed by atoms with E-state index in [0.717, 1.165) is 18.9 Å². The first-order valence-electron chi connectivity index (χ1n) is 6.22. The van der Waals surface area contributed by atoms with Gasteiger partial charge in [-0.1, -0.05) is 13.8 Å². The minimum absolute atomic E-state index is 0.0841. The van der Waals surface area contributed by atoms with Crippen molar-refractivity contribution in [2.24, 2.45) is 0 Å². The third-order valence-electron chi connectivity index (χ3n) is 2.96. The molecule has 4 nitrogen and oxygen atoms in total. The maximum atomic E-state index is 12.4. The number of anilines is 1. The molecule has 0 spiro atoms. The Morgan fingerprint density at radius 2 is 1.84 bits per heavy atom. The van der Waals surface area contributed by atoms with Crippen molar-refractivity contribution in [3.63, 3.8) is 0 Å². The van der Waals surface area contributed by atoms with Crippen molar-refractivity contribution in [2.75, 3.05) is 18.1 Å². The normalized spacial score (nSPS) is 11.9. The maximum absolute atomic E-state index is 12.4. The lowest BCUT2D eigenvalue weighted by Gasteiger charge is -2.30. The van der Waals surface area contributed by atoms with Gasteiger partial charge in [-0.25, -0.2) is 0 Å². The second-order valence-electron chi connectivity index (χ2n) is 4.16. The number of halogens is 3. The third kappa shape index (κ3) is 4.05. The Labute approximate surface area is 110 Å². The predicted octanol–water partition coefficient (Wildman–Crippen LogP) is 2.48. The van der Waals surface area contributed by atoms with Gasteiger partial charge in [0.25, 0.3) is 0 Å². The van der Waals surface area contributed by atoms with Gasteiger partial charge in [0.1, 0.15) is 0 Å². The van der Waals surface area contributed by atoms with Crippen LogP contribution in [0.25, 0.3) is 0 Å². The molecule has 1 aromatic heterocycles. The van der Waals surface area contributed by atoms with Crippen LogP contribution in [0.4, 0.5) is 19.0 Å².